The fourth-order valence-corrected chi connectivity index (χ4v) is 5.01. The predicted octanol–water partition coefficient (Wildman–Crippen LogP) is 6.17. The van der Waals surface area contributed by atoms with Crippen molar-refractivity contribution < 1.29 is 4.79 Å². The monoisotopic (exact) mass is 502 g/mol. The van der Waals surface area contributed by atoms with Gasteiger partial charge in [0.2, 0.25) is 0 Å². The number of H-pyrrole nitrogens is 1. The van der Waals surface area contributed by atoms with Gasteiger partial charge in [0.25, 0.3) is 5.91 Å². The minimum Gasteiger partial charge on any atom is -0.319 e. The summed E-state index contributed by atoms with van der Waals surface area (Å²) in [6, 6.07) is 21.9. The number of fused-ring (bicyclic) bond motifs is 1. The van der Waals surface area contributed by atoms with Crippen LogP contribution in [0.2, 0.25) is 0 Å². The third-order valence-corrected chi connectivity index (χ3v) is 7.28. The van der Waals surface area contributed by atoms with E-state index in [9.17, 15) is 4.79 Å². The first kappa shape index (κ1) is 24.0. The molecule has 3 aromatic heterocycles. The molecule has 0 radical (unpaired) electrons. The number of piperidine rings is 1. The largest absolute Gasteiger partial charge is 0.319 e. The van der Waals surface area contributed by atoms with Gasteiger partial charge in [-0.25, -0.2) is 0 Å². The van der Waals surface area contributed by atoms with E-state index >= 15 is 0 Å². The van der Waals surface area contributed by atoms with Crippen LogP contribution in [0.1, 0.15) is 35.8 Å². The van der Waals surface area contributed by atoms with E-state index in [0.29, 0.717) is 11.4 Å². The molecule has 0 spiro atoms. The number of amides is 1. The summed E-state index contributed by atoms with van der Waals surface area (Å²) in [6.45, 7) is 5.51. The van der Waals surface area contributed by atoms with E-state index in [1.807, 2.05) is 73.1 Å². The Bertz CT molecular complexity index is 1550. The number of likely N-dealkylation sites (tertiary alicyclic amines) is 1. The highest BCUT2D eigenvalue weighted by molar-refractivity contribution is 6.11. The van der Waals surface area contributed by atoms with Crippen molar-refractivity contribution in [2.45, 2.75) is 26.3 Å². The molecule has 190 valence electrons. The van der Waals surface area contributed by atoms with Gasteiger partial charge in [0.15, 0.2) is 5.69 Å². The maximum absolute atomic E-state index is 13.2. The Morgan fingerprint density at radius 3 is 2.58 bits per heavy atom. The van der Waals surface area contributed by atoms with Crippen molar-refractivity contribution in [3.8, 4) is 22.4 Å². The first-order chi connectivity index (χ1) is 18.6. The van der Waals surface area contributed by atoms with Gasteiger partial charge in [-0.05, 0) is 73.3 Å². The number of hydrogen-bond acceptors (Lipinski definition) is 5. The molecule has 2 N–H and O–H groups in total. The topological polar surface area (TPSA) is 86.8 Å². The maximum atomic E-state index is 13.2. The zero-order valence-corrected chi connectivity index (χ0v) is 21.4. The quantitative estimate of drug-likeness (QED) is 0.290. The molecule has 1 saturated heterocycles. The second-order valence-electron chi connectivity index (χ2n) is 10.1. The van der Waals surface area contributed by atoms with Crippen LogP contribution in [0, 0.1) is 5.92 Å². The van der Waals surface area contributed by atoms with Crippen LogP contribution < -0.4 is 5.32 Å². The lowest BCUT2D eigenvalue weighted by Crippen LogP contribution is -2.32. The van der Waals surface area contributed by atoms with E-state index in [4.69, 9.17) is 0 Å². The number of carbonyl (C=O) groups is 1. The predicted molar refractivity (Wildman–Crippen MR) is 151 cm³/mol. The maximum Gasteiger partial charge on any atom is 0.276 e. The summed E-state index contributed by atoms with van der Waals surface area (Å²) in [7, 11) is 0. The van der Waals surface area contributed by atoms with Gasteiger partial charge in [-0.2, -0.15) is 5.10 Å². The van der Waals surface area contributed by atoms with Gasteiger partial charge in [0, 0.05) is 35.5 Å². The van der Waals surface area contributed by atoms with Gasteiger partial charge >= 0.3 is 0 Å². The second-order valence-corrected chi connectivity index (χ2v) is 10.1. The molecule has 2 aromatic carbocycles. The summed E-state index contributed by atoms with van der Waals surface area (Å²) in [5.74, 6) is 0.530. The second kappa shape index (κ2) is 10.6. The van der Waals surface area contributed by atoms with E-state index in [-0.39, 0.29) is 5.91 Å². The van der Waals surface area contributed by atoms with Crippen molar-refractivity contribution >= 4 is 22.5 Å². The average molecular weight is 503 g/mol. The van der Waals surface area contributed by atoms with Crippen LogP contribution in [0.4, 0.5) is 5.69 Å². The molecule has 7 heteroatoms. The van der Waals surface area contributed by atoms with Crippen LogP contribution in [-0.2, 0) is 6.54 Å². The van der Waals surface area contributed by atoms with Crippen LogP contribution in [0.5, 0.6) is 0 Å². The number of nitrogens with zero attached hydrogens (tertiary/aromatic N) is 4. The molecule has 0 aliphatic carbocycles. The molecule has 38 heavy (non-hydrogen) atoms. The molecule has 5 aromatic rings. The molecule has 0 unspecified atom stereocenters. The number of aromatic nitrogens is 4. The van der Waals surface area contributed by atoms with Gasteiger partial charge in [-0.3, -0.25) is 24.8 Å². The molecule has 4 heterocycles. The lowest BCUT2D eigenvalue weighted by atomic mass is 9.98. The van der Waals surface area contributed by atoms with E-state index in [2.05, 4.69) is 43.4 Å². The third-order valence-electron chi connectivity index (χ3n) is 7.28. The number of hydrogen-bond donors (Lipinski definition) is 2. The third kappa shape index (κ3) is 5.19. The Hall–Kier alpha value is -4.36. The Morgan fingerprint density at radius 1 is 0.947 bits per heavy atom. The number of anilines is 1. The fraction of sp³-hybridized carbons (Fsp3) is 0.226. The van der Waals surface area contributed by atoms with Crippen LogP contribution >= 0.6 is 0 Å². The molecular weight excluding hydrogens is 472 g/mol. The zero-order chi connectivity index (χ0) is 25.9. The standard InChI is InChI=1S/C31H30N6O/c1-21-11-13-37(14-12-21)20-22-15-25(18-32-17-22)24-7-9-29-27(16-24)30(36-35-29)31(38)34-26-8-10-28(33-19-26)23-5-3-2-4-6-23/h2-10,15-19,21H,11-14,20H2,1H3,(H,34,38)(H,35,36). The lowest BCUT2D eigenvalue weighted by Gasteiger charge is -2.30. The fourth-order valence-electron chi connectivity index (χ4n) is 5.01. The average Bonchev–Trinajstić information content (AvgIpc) is 3.39. The molecule has 1 aliphatic rings. The van der Waals surface area contributed by atoms with E-state index < -0.39 is 0 Å². The van der Waals surface area contributed by atoms with Crippen LogP contribution in [0.3, 0.4) is 0 Å². The van der Waals surface area contributed by atoms with Crippen molar-refractivity contribution in [2.75, 3.05) is 18.4 Å². The first-order valence-electron chi connectivity index (χ1n) is 13.1. The highest BCUT2D eigenvalue weighted by atomic mass is 16.1. The SMILES string of the molecule is CC1CCN(Cc2cncc(-c3ccc4[nH]nc(C(=O)Nc5ccc(-c6ccccc6)nc5)c4c3)c2)CC1. The van der Waals surface area contributed by atoms with Gasteiger partial charge in [0.1, 0.15) is 0 Å². The molecule has 1 amide bonds. The van der Waals surface area contributed by atoms with Crippen molar-refractivity contribution in [3.05, 3.63) is 96.6 Å². The zero-order valence-electron chi connectivity index (χ0n) is 21.4. The van der Waals surface area contributed by atoms with Crippen molar-refractivity contribution in [2.24, 2.45) is 5.92 Å². The minimum atomic E-state index is -0.283. The Labute approximate surface area is 222 Å². The number of rotatable bonds is 6. The summed E-state index contributed by atoms with van der Waals surface area (Å²) >= 11 is 0. The number of pyridine rings is 2. The van der Waals surface area contributed by atoms with E-state index in [0.717, 1.165) is 58.8 Å². The molecule has 0 bridgehead atoms. The Morgan fingerprint density at radius 2 is 1.79 bits per heavy atom. The Kier molecular flexibility index (Phi) is 6.67. The summed E-state index contributed by atoms with van der Waals surface area (Å²) in [5.41, 5.74) is 6.89. The van der Waals surface area contributed by atoms with Gasteiger partial charge in [-0.15, -0.1) is 0 Å². The van der Waals surface area contributed by atoms with E-state index in [1.165, 1.54) is 18.4 Å². The van der Waals surface area contributed by atoms with Gasteiger partial charge < -0.3 is 5.32 Å². The minimum absolute atomic E-state index is 0.283. The molecule has 1 fully saturated rings. The number of benzene rings is 2. The van der Waals surface area contributed by atoms with Crippen molar-refractivity contribution in [3.63, 3.8) is 0 Å². The molecule has 0 atom stereocenters. The smallest absolute Gasteiger partial charge is 0.276 e. The van der Waals surface area contributed by atoms with E-state index in [1.54, 1.807) is 6.20 Å². The van der Waals surface area contributed by atoms with Crippen LogP contribution in [-0.4, -0.2) is 44.1 Å². The highest BCUT2D eigenvalue weighted by Gasteiger charge is 2.18. The van der Waals surface area contributed by atoms with Gasteiger partial charge in [-0.1, -0.05) is 43.3 Å². The normalized spacial score (nSPS) is 14.6. The van der Waals surface area contributed by atoms with Crippen LogP contribution in [0.25, 0.3) is 33.3 Å². The number of carbonyl (C=O) groups excluding carboxylic acids is 1. The molecule has 7 nitrogen and oxygen atoms in total. The van der Waals surface area contributed by atoms with Crippen LogP contribution in [0.15, 0.2) is 85.3 Å². The lowest BCUT2D eigenvalue weighted by molar-refractivity contribution is 0.102. The molecule has 1 aliphatic heterocycles. The summed E-state index contributed by atoms with van der Waals surface area (Å²) in [4.78, 5) is 24.7. The number of nitrogens with one attached hydrogen (secondary N) is 2. The van der Waals surface area contributed by atoms with Crippen molar-refractivity contribution in [1.29, 1.82) is 0 Å². The molecule has 0 saturated carbocycles. The first-order valence-corrected chi connectivity index (χ1v) is 13.1. The van der Waals surface area contributed by atoms with Gasteiger partial charge in [0.05, 0.1) is 23.1 Å². The summed E-state index contributed by atoms with van der Waals surface area (Å²) < 4.78 is 0. The Balaban J connectivity index is 1.20. The highest BCUT2D eigenvalue weighted by Crippen LogP contribution is 2.27. The summed E-state index contributed by atoms with van der Waals surface area (Å²) in [5, 5.41) is 11.0. The molecule has 6 rings (SSSR count). The van der Waals surface area contributed by atoms with Crippen molar-refractivity contribution in [1.82, 2.24) is 25.1 Å². The molecular formula is C31H30N6O. The summed E-state index contributed by atoms with van der Waals surface area (Å²) in [6.07, 6.45) is 8.00. The number of aromatic amines is 1.